The van der Waals surface area contributed by atoms with Crippen molar-refractivity contribution in [3.05, 3.63) is 116 Å². The summed E-state index contributed by atoms with van der Waals surface area (Å²) in [6.07, 6.45) is 0. The minimum Gasteiger partial charge on any atom is -0.392 e. The van der Waals surface area contributed by atoms with E-state index in [0.717, 1.165) is 18.1 Å². The van der Waals surface area contributed by atoms with Crippen molar-refractivity contribution in [1.82, 2.24) is 0 Å². The number of nitrogens with zero attached hydrogens (tertiary/aromatic N) is 2. The fraction of sp³-hybridized carbons (Fsp3) is 0.0370. The summed E-state index contributed by atoms with van der Waals surface area (Å²) in [5, 5.41) is 31.3. The van der Waals surface area contributed by atoms with Crippen molar-refractivity contribution in [1.29, 1.82) is 0 Å². The average Bonchev–Trinajstić information content (AvgIpc) is 2.99. The molecule has 0 aliphatic heterocycles. The second kappa shape index (κ2) is 12.2. The first-order valence-electron chi connectivity index (χ1n) is 12.0. The largest absolute Gasteiger partial charge is 0.392 e. The maximum absolute atomic E-state index is 13.3. The molecule has 15 heteroatoms. The molecule has 42 heavy (non-hydrogen) atoms. The molecule has 13 nitrogen and oxygen atoms in total. The molecule has 5 rings (SSSR count). The quantitative estimate of drug-likeness (QED) is 0.0711. The first-order chi connectivity index (χ1) is 20.2. The van der Waals surface area contributed by atoms with Gasteiger partial charge in [0.25, 0.3) is 10.1 Å². The molecule has 0 aromatic heterocycles. The van der Waals surface area contributed by atoms with Gasteiger partial charge in [-0.15, -0.1) is 4.33 Å². The third-order valence-electron chi connectivity index (χ3n) is 6.22. The number of hydrogen-bond acceptors (Lipinski definition) is 13. The maximum Gasteiger partial charge on any atom is 0.295 e. The SMILES string of the molecule is O=c1c(CO)c/c(=N\Nc2ccc(S(=O)(=O)O)c3ccccc23)c(=O)/c1=N/Nc1ccc(SOOO)c2ccccc12. The third kappa shape index (κ3) is 5.79. The van der Waals surface area contributed by atoms with Crippen molar-refractivity contribution in [2.45, 2.75) is 16.4 Å². The van der Waals surface area contributed by atoms with Crippen LogP contribution in [0.1, 0.15) is 5.56 Å². The van der Waals surface area contributed by atoms with Crippen LogP contribution < -0.4 is 32.4 Å². The summed E-state index contributed by atoms with van der Waals surface area (Å²) in [4.78, 5) is 26.5. The molecule has 0 amide bonds. The monoisotopic (exact) mass is 608 g/mol. The predicted molar refractivity (Wildman–Crippen MR) is 154 cm³/mol. The topological polar surface area (TPSA) is 196 Å². The highest BCUT2D eigenvalue weighted by molar-refractivity contribution is 7.94. The van der Waals surface area contributed by atoms with Gasteiger partial charge in [-0.05, 0) is 35.7 Å². The Hall–Kier alpha value is -4.48. The number of nitrogens with one attached hydrogen (secondary N) is 2. The van der Waals surface area contributed by atoms with E-state index in [1.165, 1.54) is 18.2 Å². The zero-order valence-electron chi connectivity index (χ0n) is 21.2. The van der Waals surface area contributed by atoms with Crippen LogP contribution in [-0.4, -0.2) is 23.3 Å². The maximum atomic E-state index is 13.3. The first-order valence-corrected chi connectivity index (χ1v) is 14.1. The molecule has 0 aliphatic rings. The van der Waals surface area contributed by atoms with Crippen molar-refractivity contribution in [3.8, 4) is 0 Å². The number of rotatable bonds is 9. The van der Waals surface area contributed by atoms with Crippen molar-refractivity contribution >= 4 is 55.1 Å². The van der Waals surface area contributed by atoms with E-state index < -0.39 is 32.9 Å². The van der Waals surface area contributed by atoms with Gasteiger partial charge in [-0.1, -0.05) is 53.6 Å². The van der Waals surface area contributed by atoms with Crippen LogP contribution in [0, 0.1) is 0 Å². The molecule has 5 aromatic carbocycles. The van der Waals surface area contributed by atoms with Gasteiger partial charge in [0.05, 0.1) is 30.0 Å². The molecule has 0 spiro atoms. The van der Waals surface area contributed by atoms with Crippen LogP contribution >= 0.6 is 12.0 Å². The van der Waals surface area contributed by atoms with Crippen LogP contribution in [0.15, 0.2) is 108 Å². The summed E-state index contributed by atoms with van der Waals surface area (Å²) in [6, 6.07) is 20.4. The number of aliphatic hydroxyl groups is 1. The third-order valence-corrected chi connectivity index (χ3v) is 7.80. The Balaban J connectivity index is 1.58. The lowest BCUT2D eigenvalue weighted by Crippen LogP contribution is -2.50. The van der Waals surface area contributed by atoms with E-state index in [4.69, 9.17) is 5.26 Å². The second-order valence-electron chi connectivity index (χ2n) is 8.68. The Morgan fingerprint density at radius 1 is 0.786 bits per heavy atom. The van der Waals surface area contributed by atoms with E-state index in [9.17, 15) is 27.7 Å². The number of aliphatic hydroxyl groups excluding tert-OH is 1. The predicted octanol–water partition coefficient (Wildman–Crippen LogP) is 2.61. The summed E-state index contributed by atoms with van der Waals surface area (Å²) in [5.74, 6) is 0. The van der Waals surface area contributed by atoms with E-state index in [2.05, 4.69) is 30.4 Å². The molecule has 0 saturated heterocycles. The summed E-state index contributed by atoms with van der Waals surface area (Å²) in [7, 11) is -4.50. The van der Waals surface area contributed by atoms with Crippen LogP contribution in [0.4, 0.5) is 11.4 Å². The van der Waals surface area contributed by atoms with Crippen LogP contribution in [-0.2, 0) is 26.1 Å². The van der Waals surface area contributed by atoms with Crippen LogP contribution in [0.25, 0.3) is 21.5 Å². The van der Waals surface area contributed by atoms with Gasteiger partial charge in [0.2, 0.25) is 10.9 Å². The van der Waals surface area contributed by atoms with Crippen LogP contribution in [0.3, 0.4) is 0 Å². The van der Waals surface area contributed by atoms with Gasteiger partial charge in [-0.2, -0.15) is 18.6 Å². The standard InChI is InChI=1S/C27H20N4O9S2/c32-14-15-13-22(30-28-21-10-12-24(42(36,37)38)19-8-4-2-6-17(19)21)27(34)25(26(15)33)31-29-20-9-11-23(41-40-39-35)18-7-3-1-5-16(18)20/h1-13,28-29,32,35H,14H2,(H,36,37,38)/b30-22+,31-25+. The number of hydrogen-bond donors (Lipinski definition) is 5. The zero-order chi connectivity index (χ0) is 29.9. The zero-order valence-corrected chi connectivity index (χ0v) is 22.8. The van der Waals surface area contributed by atoms with E-state index in [1.807, 2.05) is 0 Å². The molecule has 0 bridgehead atoms. The van der Waals surface area contributed by atoms with Gasteiger partial charge in [0, 0.05) is 26.6 Å². The summed E-state index contributed by atoms with van der Waals surface area (Å²) in [5.41, 5.74) is 4.44. The highest BCUT2D eigenvalue weighted by atomic mass is 32.2. The van der Waals surface area contributed by atoms with Gasteiger partial charge in [-0.25, -0.2) is 5.26 Å². The lowest BCUT2D eigenvalue weighted by molar-refractivity contribution is -0.432. The molecule has 0 atom stereocenters. The molecule has 5 aromatic rings. The number of fused-ring (bicyclic) bond motifs is 2. The first kappa shape index (κ1) is 29.0. The number of anilines is 2. The Labute approximate surface area is 240 Å². The van der Waals surface area contributed by atoms with Crippen molar-refractivity contribution in [2.24, 2.45) is 10.2 Å². The fourth-order valence-corrected chi connectivity index (χ4v) is 5.49. The van der Waals surface area contributed by atoms with Crippen molar-refractivity contribution in [2.75, 3.05) is 10.9 Å². The summed E-state index contributed by atoms with van der Waals surface area (Å²) < 4.78 is 37.7. The molecule has 0 radical (unpaired) electrons. The lowest BCUT2D eigenvalue weighted by atomic mass is 10.1. The number of benzene rings is 5. The molecule has 0 unspecified atom stereocenters. The Bertz CT molecular complexity index is 2160. The van der Waals surface area contributed by atoms with E-state index in [1.54, 1.807) is 54.6 Å². The van der Waals surface area contributed by atoms with Crippen molar-refractivity contribution in [3.63, 3.8) is 0 Å². The Morgan fingerprint density at radius 3 is 2.02 bits per heavy atom. The average molecular weight is 609 g/mol. The normalized spacial score (nSPS) is 12.7. The molecule has 5 N–H and O–H groups in total. The second-order valence-corrected chi connectivity index (χ2v) is 10.8. The Kier molecular flexibility index (Phi) is 8.41. The van der Waals surface area contributed by atoms with E-state index >= 15 is 0 Å². The molecule has 0 aliphatic carbocycles. The van der Waals surface area contributed by atoms with Crippen LogP contribution in [0.2, 0.25) is 0 Å². The molecule has 0 heterocycles. The lowest BCUT2D eigenvalue weighted by Gasteiger charge is -2.09. The summed E-state index contributed by atoms with van der Waals surface area (Å²) in [6.45, 7) is -0.683. The van der Waals surface area contributed by atoms with Crippen LogP contribution in [0.5, 0.6) is 0 Å². The van der Waals surface area contributed by atoms with Gasteiger partial charge in [0.1, 0.15) is 10.3 Å². The highest BCUT2D eigenvalue weighted by Crippen LogP contribution is 2.33. The summed E-state index contributed by atoms with van der Waals surface area (Å²) >= 11 is 0.771. The molecular weight excluding hydrogens is 588 g/mol. The van der Waals surface area contributed by atoms with Gasteiger partial charge in [0.15, 0.2) is 5.36 Å². The van der Waals surface area contributed by atoms with Gasteiger partial charge >= 0.3 is 0 Å². The molecule has 0 saturated carbocycles. The molecular formula is C27H20N4O9S2. The molecule has 214 valence electrons. The fourth-order valence-electron chi connectivity index (χ4n) is 4.30. The smallest absolute Gasteiger partial charge is 0.295 e. The Morgan fingerprint density at radius 2 is 1.38 bits per heavy atom. The minimum absolute atomic E-state index is 0.125. The molecule has 0 fully saturated rings. The van der Waals surface area contributed by atoms with Crippen molar-refractivity contribution < 1.29 is 32.7 Å². The van der Waals surface area contributed by atoms with E-state index in [-0.39, 0.29) is 21.2 Å². The minimum atomic E-state index is -4.50. The van der Waals surface area contributed by atoms with Gasteiger partial charge in [-0.3, -0.25) is 25.0 Å². The van der Waals surface area contributed by atoms with E-state index in [0.29, 0.717) is 32.4 Å². The highest BCUT2D eigenvalue weighted by Gasteiger charge is 2.16. The van der Waals surface area contributed by atoms with Gasteiger partial charge < -0.3 is 5.11 Å².